The van der Waals surface area contributed by atoms with Gasteiger partial charge in [-0.05, 0) is 82.8 Å². The molecule has 1 aromatic carbocycles. The van der Waals surface area contributed by atoms with Gasteiger partial charge in [-0.1, -0.05) is 12.1 Å². The average molecular weight is 354 g/mol. The third-order valence-electron chi connectivity index (χ3n) is 5.49. The molecule has 0 atom stereocenters. The van der Waals surface area contributed by atoms with Crippen LogP contribution in [-0.4, -0.2) is 40.2 Å². The van der Waals surface area contributed by atoms with Crippen LogP contribution >= 0.6 is 0 Å². The summed E-state index contributed by atoms with van der Waals surface area (Å²) in [5.41, 5.74) is 5.59. The predicted molar refractivity (Wildman–Crippen MR) is 105 cm³/mol. The Balaban J connectivity index is 1.47. The highest BCUT2D eigenvalue weighted by atomic mass is 16.2. The molecular weight excluding hydrogens is 324 g/mol. The normalized spacial score (nSPS) is 16.0. The standard InChI is InChI=1S/C21H30N4O/c1-15-6-5-7-20(18(15)4)22-21(26)14-24-10-8-19(9-11-24)13-25-17(3)12-16(2)23-25/h5-7,12,19H,8-11,13-14H2,1-4H3,(H,22,26). The Morgan fingerprint density at radius 1 is 1.19 bits per heavy atom. The van der Waals surface area contributed by atoms with E-state index in [-0.39, 0.29) is 5.91 Å². The highest BCUT2D eigenvalue weighted by Crippen LogP contribution is 2.21. The average Bonchev–Trinajstić information content (AvgIpc) is 2.91. The molecule has 0 aliphatic carbocycles. The zero-order valence-corrected chi connectivity index (χ0v) is 16.4. The molecule has 0 saturated carbocycles. The fourth-order valence-corrected chi connectivity index (χ4v) is 3.71. The van der Waals surface area contributed by atoms with Gasteiger partial charge >= 0.3 is 0 Å². The van der Waals surface area contributed by atoms with Gasteiger partial charge in [-0.2, -0.15) is 5.10 Å². The molecule has 0 unspecified atom stereocenters. The molecule has 1 amide bonds. The van der Waals surface area contributed by atoms with Gasteiger partial charge in [0.2, 0.25) is 5.91 Å². The van der Waals surface area contributed by atoms with Crippen molar-refractivity contribution < 1.29 is 4.79 Å². The van der Waals surface area contributed by atoms with Crippen LogP contribution in [0.4, 0.5) is 5.69 Å². The lowest BCUT2D eigenvalue weighted by Crippen LogP contribution is -2.40. The molecule has 0 spiro atoms. The predicted octanol–water partition coefficient (Wildman–Crippen LogP) is 3.47. The maximum absolute atomic E-state index is 12.4. The van der Waals surface area contributed by atoms with Crippen LogP contribution in [0.1, 0.15) is 35.4 Å². The molecule has 1 N–H and O–H groups in total. The van der Waals surface area contributed by atoms with E-state index in [1.54, 1.807) is 0 Å². The molecular formula is C21H30N4O. The second-order valence-electron chi connectivity index (χ2n) is 7.62. The van der Waals surface area contributed by atoms with Crippen LogP contribution in [0.5, 0.6) is 0 Å². The van der Waals surface area contributed by atoms with E-state index >= 15 is 0 Å². The number of piperidine rings is 1. The molecule has 140 valence electrons. The SMILES string of the molecule is Cc1cc(C)n(CC2CCN(CC(=O)Nc3cccc(C)c3C)CC2)n1. The zero-order valence-electron chi connectivity index (χ0n) is 16.4. The number of likely N-dealkylation sites (tertiary alicyclic amines) is 1. The molecule has 5 nitrogen and oxygen atoms in total. The summed E-state index contributed by atoms with van der Waals surface area (Å²) in [6, 6.07) is 8.16. The quantitative estimate of drug-likeness (QED) is 0.894. The van der Waals surface area contributed by atoms with Crippen molar-refractivity contribution in [3.8, 4) is 0 Å². The summed E-state index contributed by atoms with van der Waals surface area (Å²) >= 11 is 0. The van der Waals surface area contributed by atoms with Gasteiger partial charge in [0.15, 0.2) is 0 Å². The van der Waals surface area contributed by atoms with Crippen LogP contribution in [0.2, 0.25) is 0 Å². The molecule has 1 aliphatic rings. The Kier molecular flexibility index (Phi) is 5.77. The number of aromatic nitrogens is 2. The lowest BCUT2D eigenvalue weighted by Gasteiger charge is -2.31. The van der Waals surface area contributed by atoms with Gasteiger partial charge in [0.1, 0.15) is 0 Å². The fourth-order valence-electron chi connectivity index (χ4n) is 3.71. The van der Waals surface area contributed by atoms with E-state index < -0.39 is 0 Å². The molecule has 5 heteroatoms. The molecule has 2 aromatic rings. The van der Waals surface area contributed by atoms with Crippen molar-refractivity contribution >= 4 is 11.6 Å². The first-order valence-electron chi connectivity index (χ1n) is 9.52. The molecule has 26 heavy (non-hydrogen) atoms. The summed E-state index contributed by atoms with van der Waals surface area (Å²) in [5, 5.41) is 7.64. The Labute approximate surface area is 156 Å². The Hall–Kier alpha value is -2.14. The van der Waals surface area contributed by atoms with Gasteiger partial charge in [0.05, 0.1) is 12.2 Å². The van der Waals surface area contributed by atoms with Crippen molar-refractivity contribution in [1.82, 2.24) is 14.7 Å². The first-order valence-corrected chi connectivity index (χ1v) is 9.52. The Morgan fingerprint density at radius 2 is 1.92 bits per heavy atom. The molecule has 3 rings (SSSR count). The summed E-state index contributed by atoms with van der Waals surface area (Å²) < 4.78 is 2.13. The molecule has 0 bridgehead atoms. The second kappa shape index (κ2) is 8.04. The number of nitrogens with one attached hydrogen (secondary N) is 1. The van der Waals surface area contributed by atoms with Gasteiger partial charge in [-0.3, -0.25) is 14.4 Å². The first kappa shape index (κ1) is 18.6. The molecule has 1 fully saturated rings. The van der Waals surface area contributed by atoms with Crippen LogP contribution in [-0.2, 0) is 11.3 Å². The van der Waals surface area contributed by atoms with Gasteiger partial charge in [0.25, 0.3) is 0 Å². The van der Waals surface area contributed by atoms with Crippen LogP contribution in [0, 0.1) is 33.6 Å². The molecule has 1 saturated heterocycles. The lowest BCUT2D eigenvalue weighted by molar-refractivity contribution is -0.117. The number of aryl methyl sites for hydroxylation is 3. The van der Waals surface area contributed by atoms with E-state index in [9.17, 15) is 4.79 Å². The van der Waals surface area contributed by atoms with E-state index in [4.69, 9.17) is 0 Å². The van der Waals surface area contributed by atoms with Gasteiger partial charge in [0, 0.05) is 17.9 Å². The Bertz CT molecular complexity index is 772. The number of hydrogen-bond acceptors (Lipinski definition) is 3. The van der Waals surface area contributed by atoms with Crippen molar-refractivity contribution in [3.63, 3.8) is 0 Å². The first-order chi connectivity index (χ1) is 12.4. The van der Waals surface area contributed by atoms with Crippen molar-refractivity contribution in [1.29, 1.82) is 0 Å². The van der Waals surface area contributed by atoms with Gasteiger partial charge < -0.3 is 5.32 Å². The molecule has 2 heterocycles. The monoisotopic (exact) mass is 354 g/mol. The number of anilines is 1. The number of rotatable bonds is 5. The van der Waals surface area contributed by atoms with Crippen molar-refractivity contribution in [2.24, 2.45) is 5.92 Å². The van der Waals surface area contributed by atoms with E-state index in [1.807, 2.05) is 19.1 Å². The fraction of sp³-hybridized carbons (Fsp3) is 0.524. The molecule has 0 radical (unpaired) electrons. The number of hydrogen-bond donors (Lipinski definition) is 1. The van der Waals surface area contributed by atoms with Crippen molar-refractivity contribution in [2.45, 2.75) is 47.1 Å². The largest absolute Gasteiger partial charge is 0.325 e. The summed E-state index contributed by atoms with van der Waals surface area (Å²) in [4.78, 5) is 14.7. The van der Waals surface area contributed by atoms with Crippen molar-refractivity contribution in [2.75, 3.05) is 25.0 Å². The maximum Gasteiger partial charge on any atom is 0.238 e. The van der Waals surface area contributed by atoms with Crippen LogP contribution < -0.4 is 5.32 Å². The Morgan fingerprint density at radius 3 is 2.58 bits per heavy atom. The topological polar surface area (TPSA) is 50.2 Å². The minimum absolute atomic E-state index is 0.0793. The lowest BCUT2D eigenvalue weighted by atomic mass is 9.97. The number of benzene rings is 1. The molecule has 1 aromatic heterocycles. The van der Waals surface area contributed by atoms with Gasteiger partial charge in [-0.25, -0.2) is 0 Å². The highest BCUT2D eigenvalue weighted by molar-refractivity contribution is 5.93. The third kappa shape index (κ3) is 4.52. The van der Waals surface area contributed by atoms with E-state index in [0.717, 1.165) is 49.4 Å². The number of nitrogens with zero attached hydrogens (tertiary/aromatic N) is 3. The number of carbonyl (C=O) groups excluding carboxylic acids is 1. The molecule has 1 aliphatic heterocycles. The summed E-state index contributed by atoms with van der Waals surface area (Å²) in [5.74, 6) is 0.724. The van der Waals surface area contributed by atoms with E-state index in [1.165, 1.54) is 11.3 Å². The smallest absolute Gasteiger partial charge is 0.238 e. The van der Waals surface area contributed by atoms with E-state index in [0.29, 0.717) is 12.5 Å². The maximum atomic E-state index is 12.4. The van der Waals surface area contributed by atoms with Crippen LogP contribution in [0.25, 0.3) is 0 Å². The second-order valence-corrected chi connectivity index (χ2v) is 7.62. The van der Waals surface area contributed by atoms with E-state index in [2.05, 4.69) is 52.9 Å². The minimum atomic E-state index is 0.0793. The zero-order chi connectivity index (χ0) is 18.7. The van der Waals surface area contributed by atoms with Crippen molar-refractivity contribution in [3.05, 3.63) is 46.8 Å². The van der Waals surface area contributed by atoms with Crippen LogP contribution in [0.15, 0.2) is 24.3 Å². The van der Waals surface area contributed by atoms with Gasteiger partial charge in [-0.15, -0.1) is 0 Å². The number of carbonyl (C=O) groups is 1. The van der Waals surface area contributed by atoms with Crippen LogP contribution in [0.3, 0.4) is 0 Å². The highest BCUT2D eigenvalue weighted by Gasteiger charge is 2.22. The summed E-state index contributed by atoms with van der Waals surface area (Å²) in [6.07, 6.45) is 2.24. The summed E-state index contributed by atoms with van der Waals surface area (Å²) in [7, 11) is 0. The third-order valence-corrected chi connectivity index (χ3v) is 5.49. The summed E-state index contributed by atoms with van der Waals surface area (Å²) in [6.45, 7) is 11.7. The minimum Gasteiger partial charge on any atom is -0.325 e. The number of amides is 1.